The molecule has 0 aromatic heterocycles. The van der Waals surface area contributed by atoms with Gasteiger partial charge < -0.3 is 4.74 Å². The molecule has 106 valence electrons. The molecule has 0 fully saturated rings. The molecule has 0 aliphatic heterocycles. The van der Waals surface area contributed by atoms with Gasteiger partial charge in [0.05, 0.1) is 6.61 Å². The number of nitrogens with two attached hydrogens (primary N) is 1. The number of benzene rings is 2. The minimum Gasteiger partial charge on any atom is -0.493 e. The molecule has 3 N–H and O–H groups in total. The summed E-state index contributed by atoms with van der Waals surface area (Å²) in [6.07, 6.45) is 1.96. The first-order chi connectivity index (χ1) is 9.72. The van der Waals surface area contributed by atoms with Crippen molar-refractivity contribution in [3.63, 3.8) is 0 Å². The highest BCUT2D eigenvalue weighted by Crippen LogP contribution is 2.31. The molecule has 0 heterocycles. The molecule has 4 nitrogen and oxygen atoms in total. The van der Waals surface area contributed by atoms with Crippen LogP contribution in [0.1, 0.15) is 19.3 Å². The van der Waals surface area contributed by atoms with Crippen LogP contribution in [0.2, 0.25) is 5.02 Å². The number of hydrazine groups is 1. The first kappa shape index (κ1) is 14.6. The maximum atomic E-state index is 11.0. The molecule has 1 amide bonds. The number of hydrogen-bond acceptors (Lipinski definition) is 3. The standard InChI is InChI=1S/C15H17ClN2O2/c16-13-8-9-14(12-6-2-1-5-11(12)13)20-10-4-3-7-15(19)18-17/h1-2,5-6,8-9H,3-4,7,10,17H2,(H,18,19). The predicted molar refractivity (Wildman–Crippen MR) is 80.6 cm³/mol. The molecule has 2 aromatic rings. The molecule has 0 atom stereocenters. The van der Waals surface area contributed by atoms with E-state index in [1.165, 1.54) is 0 Å². The summed E-state index contributed by atoms with van der Waals surface area (Å²) < 4.78 is 5.77. The van der Waals surface area contributed by atoms with Gasteiger partial charge in [0, 0.05) is 22.2 Å². The van der Waals surface area contributed by atoms with E-state index in [0.717, 1.165) is 29.4 Å². The van der Waals surface area contributed by atoms with Gasteiger partial charge in [0.15, 0.2) is 0 Å². The van der Waals surface area contributed by atoms with Crippen molar-refractivity contribution >= 4 is 28.3 Å². The Morgan fingerprint density at radius 3 is 2.65 bits per heavy atom. The molecular formula is C15H17ClN2O2. The highest BCUT2D eigenvalue weighted by Gasteiger charge is 2.05. The zero-order chi connectivity index (χ0) is 14.4. The van der Waals surface area contributed by atoms with Crippen LogP contribution in [-0.4, -0.2) is 12.5 Å². The van der Waals surface area contributed by atoms with Crippen LogP contribution in [0.5, 0.6) is 5.75 Å². The Bertz CT molecular complexity index is 601. The van der Waals surface area contributed by atoms with Crippen molar-refractivity contribution in [2.45, 2.75) is 19.3 Å². The Morgan fingerprint density at radius 1 is 1.15 bits per heavy atom. The number of amides is 1. The van der Waals surface area contributed by atoms with E-state index in [4.69, 9.17) is 22.2 Å². The van der Waals surface area contributed by atoms with Crippen molar-refractivity contribution in [2.24, 2.45) is 5.84 Å². The third-order valence-corrected chi connectivity index (χ3v) is 3.38. The van der Waals surface area contributed by atoms with Crippen LogP contribution in [0.3, 0.4) is 0 Å². The SMILES string of the molecule is NNC(=O)CCCCOc1ccc(Cl)c2ccccc12. The van der Waals surface area contributed by atoms with Crippen molar-refractivity contribution < 1.29 is 9.53 Å². The fraction of sp³-hybridized carbons (Fsp3) is 0.267. The van der Waals surface area contributed by atoms with Gasteiger partial charge in [-0.2, -0.15) is 0 Å². The van der Waals surface area contributed by atoms with Crippen LogP contribution < -0.4 is 16.0 Å². The first-order valence-corrected chi connectivity index (χ1v) is 6.89. The Kier molecular flexibility index (Phi) is 5.21. The lowest BCUT2D eigenvalue weighted by molar-refractivity contribution is -0.121. The van der Waals surface area contributed by atoms with Crippen LogP contribution in [0.25, 0.3) is 10.8 Å². The summed E-state index contributed by atoms with van der Waals surface area (Å²) in [4.78, 5) is 11.0. The molecule has 5 heteroatoms. The summed E-state index contributed by atoms with van der Waals surface area (Å²) in [6.45, 7) is 0.559. The van der Waals surface area contributed by atoms with Gasteiger partial charge in [-0.15, -0.1) is 0 Å². The lowest BCUT2D eigenvalue weighted by atomic mass is 10.1. The monoisotopic (exact) mass is 292 g/mol. The smallest absolute Gasteiger partial charge is 0.233 e. The molecule has 0 saturated heterocycles. The average Bonchev–Trinajstić information content (AvgIpc) is 2.49. The molecule has 0 aliphatic carbocycles. The number of nitrogens with one attached hydrogen (secondary N) is 1. The van der Waals surface area contributed by atoms with Gasteiger partial charge >= 0.3 is 0 Å². The van der Waals surface area contributed by atoms with E-state index >= 15 is 0 Å². The van der Waals surface area contributed by atoms with Crippen LogP contribution in [0.4, 0.5) is 0 Å². The molecule has 0 saturated carbocycles. The molecule has 0 spiro atoms. The quantitative estimate of drug-likeness (QED) is 0.372. The predicted octanol–water partition coefficient (Wildman–Crippen LogP) is 3.03. The third-order valence-electron chi connectivity index (χ3n) is 3.05. The maximum absolute atomic E-state index is 11.0. The van der Waals surface area contributed by atoms with E-state index < -0.39 is 0 Å². The van der Waals surface area contributed by atoms with Crippen LogP contribution in [-0.2, 0) is 4.79 Å². The highest BCUT2D eigenvalue weighted by atomic mass is 35.5. The zero-order valence-electron chi connectivity index (χ0n) is 11.1. The summed E-state index contributed by atoms with van der Waals surface area (Å²) in [5.41, 5.74) is 2.11. The number of fused-ring (bicyclic) bond motifs is 1. The van der Waals surface area contributed by atoms with E-state index in [0.29, 0.717) is 18.1 Å². The molecular weight excluding hydrogens is 276 g/mol. The van der Waals surface area contributed by atoms with Gasteiger partial charge in [0.1, 0.15) is 5.75 Å². The molecule has 2 aromatic carbocycles. The largest absolute Gasteiger partial charge is 0.493 e. The van der Waals surface area contributed by atoms with Crippen molar-refractivity contribution in [3.05, 3.63) is 41.4 Å². The van der Waals surface area contributed by atoms with Gasteiger partial charge in [-0.1, -0.05) is 35.9 Å². The molecule has 0 aliphatic rings. The summed E-state index contributed by atoms with van der Waals surface area (Å²) >= 11 is 6.15. The van der Waals surface area contributed by atoms with Crippen molar-refractivity contribution in [2.75, 3.05) is 6.61 Å². The third kappa shape index (κ3) is 3.62. The van der Waals surface area contributed by atoms with E-state index in [1.54, 1.807) is 0 Å². The topological polar surface area (TPSA) is 64.3 Å². The Hall–Kier alpha value is -1.78. The van der Waals surface area contributed by atoms with E-state index in [-0.39, 0.29) is 5.91 Å². The summed E-state index contributed by atoms with van der Waals surface area (Å²) in [5.74, 6) is 5.67. The lowest BCUT2D eigenvalue weighted by Crippen LogP contribution is -2.29. The Balaban J connectivity index is 1.94. The molecule has 2 rings (SSSR count). The molecule has 0 bridgehead atoms. The van der Waals surface area contributed by atoms with E-state index in [9.17, 15) is 4.79 Å². The van der Waals surface area contributed by atoms with Crippen LogP contribution in [0.15, 0.2) is 36.4 Å². The normalized spacial score (nSPS) is 10.5. The average molecular weight is 293 g/mol. The van der Waals surface area contributed by atoms with E-state index in [2.05, 4.69) is 5.43 Å². The second kappa shape index (κ2) is 7.12. The Labute approximate surface area is 122 Å². The number of hydrogen-bond donors (Lipinski definition) is 2. The summed E-state index contributed by atoms with van der Waals surface area (Å²) in [6, 6.07) is 11.6. The number of carbonyl (C=O) groups excluding carboxylic acids is 1. The number of carbonyl (C=O) groups is 1. The number of rotatable bonds is 6. The van der Waals surface area contributed by atoms with Crippen molar-refractivity contribution in [1.82, 2.24) is 5.43 Å². The number of ether oxygens (including phenoxy) is 1. The lowest BCUT2D eigenvalue weighted by Gasteiger charge is -2.10. The van der Waals surface area contributed by atoms with E-state index in [1.807, 2.05) is 36.4 Å². The van der Waals surface area contributed by atoms with Gasteiger partial charge in [-0.05, 0) is 25.0 Å². The fourth-order valence-corrected chi connectivity index (χ4v) is 2.23. The van der Waals surface area contributed by atoms with Gasteiger partial charge in [-0.3, -0.25) is 10.2 Å². The number of halogens is 1. The van der Waals surface area contributed by atoms with Gasteiger partial charge in [-0.25, -0.2) is 5.84 Å². The Morgan fingerprint density at radius 2 is 1.90 bits per heavy atom. The zero-order valence-corrected chi connectivity index (χ0v) is 11.8. The molecule has 0 unspecified atom stereocenters. The highest BCUT2D eigenvalue weighted by molar-refractivity contribution is 6.35. The first-order valence-electron chi connectivity index (χ1n) is 6.52. The summed E-state index contributed by atoms with van der Waals surface area (Å²) in [5, 5.41) is 2.70. The maximum Gasteiger partial charge on any atom is 0.233 e. The fourth-order valence-electron chi connectivity index (χ4n) is 2.00. The minimum atomic E-state index is -0.151. The summed E-state index contributed by atoms with van der Waals surface area (Å²) in [7, 11) is 0. The van der Waals surface area contributed by atoms with Crippen LogP contribution in [0, 0.1) is 0 Å². The van der Waals surface area contributed by atoms with Crippen LogP contribution >= 0.6 is 11.6 Å². The number of unbranched alkanes of at least 4 members (excludes halogenated alkanes) is 1. The second-order valence-corrected chi connectivity index (χ2v) is 4.87. The van der Waals surface area contributed by atoms with Crippen molar-refractivity contribution in [3.8, 4) is 5.75 Å². The second-order valence-electron chi connectivity index (χ2n) is 4.46. The minimum absolute atomic E-state index is 0.151. The molecule has 0 radical (unpaired) electrons. The van der Waals surface area contributed by atoms with Gasteiger partial charge in [0.2, 0.25) is 5.91 Å². The van der Waals surface area contributed by atoms with Crippen molar-refractivity contribution in [1.29, 1.82) is 0 Å². The molecule has 20 heavy (non-hydrogen) atoms. The van der Waals surface area contributed by atoms with Gasteiger partial charge in [0.25, 0.3) is 0 Å².